The third-order valence-corrected chi connectivity index (χ3v) is 6.97. The molecule has 0 fully saturated rings. The summed E-state index contributed by atoms with van der Waals surface area (Å²) in [6, 6.07) is 18.5. The number of ketones is 1. The van der Waals surface area contributed by atoms with E-state index in [1.54, 1.807) is 42.5 Å². The van der Waals surface area contributed by atoms with Crippen LogP contribution in [0.25, 0.3) is 0 Å². The van der Waals surface area contributed by atoms with Crippen molar-refractivity contribution in [1.82, 2.24) is 4.90 Å². The Kier molecular flexibility index (Phi) is 7.06. The van der Waals surface area contributed by atoms with Crippen LogP contribution in [-0.4, -0.2) is 47.8 Å². The number of nitrogens with one attached hydrogen (secondary N) is 1. The summed E-state index contributed by atoms with van der Waals surface area (Å²) in [5, 5.41) is 2.91. The standard InChI is InChI=1S/C30H29N3O6/c1-18(2)27(29(36)31-21-12-13-24-25(14-21)39-17-38-24)33(15-20-9-5-4-8-19(20)3)26(34)16-32-23-11-7-6-10-22(23)28(35)30(32)37/h4-14,18,27H,15-17H2,1-3H3,(H,31,36). The van der Waals surface area contributed by atoms with Crippen molar-refractivity contribution in [3.05, 3.63) is 83.4 Å². The highest BCUT2D eigenvalue weighted by atomic mass is 16.7. The van der Waals surface area contributed by atoms with Gasteiger partial charge in [-0.05, 0) is 48.2 Å². The average Bonchev–Trinajstić information content (AvgIpc) is 3.47. The molecule has 2 aliphatic rings. The van der Waals surface area contributed by atoms with Crippen molar-refractivity contribution < 1.29 is 28.7 Å². The van der Waals surface area contributed by atoms with E-state index in [1.165, 1.54) is 9.80 Å². The Labute approximate surface area is 226 Å². The second-order valence-corrected chi connectivity index (χ2v) is 9.93. The number of aryl methyl sites for hydroxylation is 1. The van der Waals surface area contributed by atoms with Gasteiger partial charge in [0.2, 0.25) is 18.6 Å². The Hall–Kier alpha value is -4.66. The summed E-state index contributed by atoms with van der Waals surface area (Å²) in [5.41, 5.74) is 3.00. The Morgan fingerprint density at radius 3 is 2.46 bits per heavy atom. The van der Waals surface area contributed by atoms with Gasteiger partial charge >= 0.3 is 0 Å². The molecule has 0 saturated carbocycles. The molecule has 39 heavy (non-hydrogen) atoms. The first-order valence-electron chi connectivity index (χ1n) is 12.7. The molecule has 2 heterocycles. The van der Waals surface area contributed by atoms with Crippen molar-refractivity contribution in [2.45, 2.75) is 33.4 Å². The van der Waals surface area contributed by atoms with E-state index in [0.29, 0.717) is 22.9 Å². The number of hydrogen-bond acceptors (Lipinski definition) is 6. The molecular weight excluding hydrogens is 498 g/mol. The lowest BCUT2D eigenvalue weighted by Crippen LogP contribution is -2.53. The molecule has 0 radical (unpaired) electrons. The quantitative estimate of drug-likeness (QED) is 0.445. The zero-order valence-electron chi connectivity index (χ0n) is 22.0. The zero-order chi connectivity index (χ0) is 27.7. The number of carbonyl (C=O) groups is 4. The first-order chi connectivity index (χ1) is 18.7. The van der Waals surface area contributed by atoms with E-state index in [1.807, 2.05) is 45.0 Å². The molecule has 3 amide bonds. The number of carbonyl (C=O) groups excluding carboxylic acids is 4. The fourth-order valence-electron chi connectivity index (χ4n) is 4.94. The normalized spacial score (nSPS) is 14.4. The molecular formula is C30H29N3O6. The number of para-hydroxylation sites is 1. The van der Waals surface area contributed by atoms with E-state index in [9.17, 15) is 19.2 Å². The van der Waals surface area contributed by atoms with Gasteiger partial charge < -0.3 is 19.7 Å². The van der Waals surface area contributed by atoms with Crippen LogP contribution in [0.2, 0.25) is 0 Å². The van der Waals surface area contributed by atoms with E-state index in [-0.39, 0.29) is 37.3 Å². The van der Waals surface area contributed by atoms with Gasteiger partial charge in [-0.25, -0.2) is 0 Å². The predicted octanol–water partition coefficient (Wildman–Crippen LogP) is 3.95. The van der Waals surface area contributed by atoms with Crippen molar-refractivity contribution in [2.24, 2.45) is 5.92 Å². The number of nitrogens with zero attached hydrogens (tertiary/aromatic N) is 2. The molecule has 0 saturated heterocycles. The van der Waals surface area contributed by atoms with Crippen LogP contribution in [0.5, 0.6) is 11.5 Å². The van der Waals surface area contributed by atoms with Crippen molar-refractivity contribution in [3.8, 4) is 11.5 Å². The van der Waals surface area contributed by atoms with Crippen molar-refractivity contribution in [1.29, 1.82) is 0 Å². The van der Waals surface area contributed by atoms with E-state index in [4.69, 9.17) is 9.47 Å². The second-order valence-electron chi connectivity index (χ2n) is 9.93. The minimum Gasteiger partial charge on any atom is -0.454 e. The number of amides is 3. The van der Waals surface area contributed by atoms with Crippen molar-refractivity contribution in [3.63, 3.8) is 0 Å². The third kappa shape index (κ3) is 5.07. The molecule has 3 aromatic rings. The molecule has 0 bridgehead atoms. The van der Waals surface area contributed by atoms with Crippen LogP contribution in [0.1, 0.15) is 35.3 Å². The molecule has 1 unspecified atom stereocenters. The number of rotatable bonds is 8. The van der Waals surface area contributed by atoms with Crippen molar-refractivity contribution in [2.75, 3.05) is 23.6 Å². The predicted molar refractivity (Wildman–Crippen MR) is 145 cm³/mol. The minimum atomic E-state index is -0.869. The van der Waals surface area contributed by atoms with Gasteiger partial charge in [0.15, 0.2) is 11.5 Å². The number of ether oxygens (including phenoxy) is 2. The fraction of sp³-hybridized carbons (Fsp3) is 0.267. The van der Waals surface area contributed by atoms with Crippen LogP contribution in [0.4, 0.5) is 11.4 Å². The monoisotopic (exact) mass is 527 g/mol. The molecule has 3 aromatic carbocycles. The number of hydrogen-bond donors (Lipinski definition) is 1. The summed E-state index contributed by atoms with van der Waals surface area (Å²) in [4.78, 5) is 55.7. The lowest BCUT2D eigenvalue weighted by Gasteiger charge is -2.35. The third-order valence-electron chi connectivity index (χ3n) is 6.97. The number of Topliss-reactive ketones (excluding diaryl/α,β-unsaturated/α-hetero) is 1. The maximum absolute atomic E-state index is 13.9. The van der Waals surface area contributed by atoms with Gasteiger partial charge in [0, 0.05) is 18.3 Å². The van der Waals surface area contributed by atoms with E-state index >= 15 is 0 Å². The molecule has 9 nitrogen and oxygen atoms in total. The van der Waals surface area contributed by atoms with Gasteiger partial charge in [-0.1, -0.05) is 50.2 Å². The maximum Gasteiger partial charge on any atom is 0.299 e. The average molecular weight is 528 g/mol. The van der Waals surface area contributed by atoms with Crippen LogP contribution in [0, 0.1) is 12.8 Å². The largest absolute Gasteiger partial charge is 0.454 e. The Morgan fingerprint density at radius 1 is 0.974 bits per heavy atom. The van der Waals surface area contributed by atoms with Crippen LogP contribution in [-0.2, 0) is 20.9 Å². The Bertz CT molecular complexity index is 1470. The van der Waals surface area contributed by atoms with Gasteiger partial charge in [0.05, 0.1) is 11.3 Å². The highest BCUT2D eigenvalue weighted by molar-refractivity contribution is 6.52. The maximum atomic E-state index is 13.9. The van der Waals surface area contributed by atoms with Crippen LogP contribution in [0.3, 0.4) is 0 Å². The topological polar surface area (TPSA) is 105 Å². The highest BCUT2D eigenvalue weighted by Gasteiger charge is 2.39. The van der Waals surface area contributed by atoms with Crippen LogP contribution >= 0.6 is 0 Å². The smallest absolute Gasteiger partial charge is 0.299 e. The van der Waals surface area contributed by atoms with Crippen LogP contribution < -0.4 is 19.7 Å². The summed E-state index contributed by atoms with van der Waals surface area (Å²) in [5.74, 6) is -1.38. The minimum absolute atomic E-state index is 0.112. The fourth-order valence-corrected chi connectivity index (χ4v) is 4.94. The first kappa shape index (κ1) is 26.0. The molecule has 0 aliphatic carbocycles. The second kappa shape index (κ2) is 10.6. The number of fused-ring (bicyclic) bond motifs is 2. The zero-order valence-corrected chi connectivity index (χ0v) is 22.0. The van der Waals surface area contributed by atoms with Gasteiger partial charge in [0.25, 0.3) is 11.7 Å². The molecule has 0 aromatic heterocycles. The molecule has 2 aliphatic heterocycles. The molecule has 1 atom stereocenters. The first-order valence-corrected chi connectivity index (χ1v) is 12.7. The number of anilines is 2. The lowest BCUT2D eigenvalue weighted by atomic mass is 9.99. The molecule has 1 N–H and O–H groups in total. The Balaban J connectivity index is 1.46. The van der Waals surface area contributed by atoms with Gasteiger partial charge in [-0.15, -0.1) is 0 Å². The van der Waals surface area contributed by atoms with E-state index in [2.05, 4.69) is 5.32 Å². The van der Waals surface area contributed by atoms with Gasteiger partial charge in [-0.3, -0.25) is 24.1 Å². The molecule has 0 spiro atoms. The van der Waals surface area contributed by atoms with Gasteiger partial charge in [0.1, 0.15) is 12.6 Å². The lowest BCUT2D eigenvalue weighted by molar-refractivity contribution is -0.140. The SMILES string of the molecule is Cc1ccccc1CN(C(=O)CN1C(=O)C(=O)c2ccccc21)C(C(=O)Nc1ccc2c(c1)OCO2)C(C)C. The summed E-state index contributed by atoms with van der Waals surface area (Å²) in [7, 11) is 0. The van der Waals surface area contributed by atoms with E-state index < -0.39 is 23.6 Å². The summed E-state index contributed by atoms with van der Waals surface area (Å²) in [6.07, 6.45) is 0. The van der Waals surface area contributed by atoms with E-state index in [0.717, 1.165) is 11.1 Å². The highest BCUT2D eigenvalue weighted by Crippen LogP contribution is 2.34. The summed E-state index contributed by atoms with van der Waals surface area (Å²) >= 11 is 0. The molecule has 200 valence electrons. The summed E-state index contributed by atoms with van der Waals surface area (Å²) in [6.45, 7) is 5.56. The Morgan fingerprint density at radius 2 is 1.69 bits per heavy atom. The van der Waals surface area contributed by atoms with Crippen LogP contribution in [0.15, 0.2) is 66.7 Å². The van der Waals surface area contributed by atoms with Crippen molar-refractivity contribution >= 4 is 34.9 Å². The van der Waals surface area contributed by atoms with Gasteiger partial charge in [-0.2, -0.15) is 0 Å². The number of benzene rings is 3. The summed E-state index contributed by atoms with van der Waals surface area (Å²) < 4.78 is 10.8. The molecule has 5 rings (SSSR count). The molecule has 9 heteroatoms.